The highest BCUT2D eigenvalue weighted by Gasteiger charge is 2.18. The number of benzene rings is 1. The van der Waals surface area contributed by atoms with Crippen LogP contribution in [0.25, 0.3) is 0 Å². The van der Waals surface area contributed by atoms with Gasteiger partial charge < -0.3 is 14.4 Å². The topological polar surface area (TPSA) is 55.8 Å². The zero-order valence-corrected chi connectivity index (χ0v) is 14.5. The number of ether oxygens (including phenoxy) is 2. The summed E-state index contributed by atoms with van der Waals surface area (Å²) in [6.07, 6.45) is 0.972. The summed E-state index contributed by atoms with van der Waals surface area (Å²) in [5.74, 6) is 0.514. The standard InChI is InChI=1S/C18H27NO4/c1-5-23-17(20)11-13-19(18(21)14(2)3)12-10-15-6-8-16(22-4)9-7-15/h6-9,14H,5,10-13H2,1-4H3. The second-order valence-electron chi connectivity index (χ2n) is 5.63. The number of esters is 1. The van der Waals surface area contributed by atoms with Crippen molar-refractivity contribution >= 4 is 11.9 Å². The highest BCUT2D eigenvalue weighted by molar-refractivity contribution is 5.79. The number of nitrogens with zero attached hydrogens (tertiary/aromatic N) is 1. The molecule has 0 aromatic heterocycles. The summed E-state index contributed by atoms with van der Waals surface area (Å²) >= 11 is 0. The Bertz CT molecular complexity index is 496. The molecule has 1 aromatic rings. The smallest absolute Gasteiger partial charge is 0.307 e. The molecule has 0 unspecified atom stereocenters. The van der Waals surface area contributed by atoms with Gasteiger partial charge in [-0.3, -0.25) is 9.59 Å². The molecule has 0 bridgehead atoms. The Morgan fingerprint density at radius 1 is 1.13 bits per heavy atom. The highest BCUT2D eigenvalue weighted by Crippen LogP contribution is 2.13. The molecule has 0 aliphatic carbocycles. The van der Waals surface area contributed by atoms with Gasteiger partial charge in [0.05, 0.1) is 20.1 Å². The molecular weight excluding hydrogens is 294 g/mol. The van der Waals surface area contributed by atoms with E-state index < -0.39 is 0 Å². The van der Waals surface area contributed by atoms with Gasteiger partial charge in [0.1, 0.15) is 5.75 Å². The van der Waals surface area contributed by atoms with E-state index in [0.29, 0.717) is 19.7 Å². The first-order chi connectivity index (χ1) is 11.0. The van der Waals surface area contributed by atoms with Crippen LogP contribution in [-0.2, 0) is 20.7 Å². The monoisotopic (exact) mass is 321 g/mol. The third kappa shape index (κ3) is 6.72. The van der Waals surface area contributed by atoms with Crippen LogP contribution in [0.3, 0.4) is 0 Å². The van der Waals surface area contributed by atoms with E-state index in [4.69, 9.17) is 9.47 Å². The van der Waals surface area contributed by atoms with Crippen molar-refractivity contribution in [3.8, 4) is 5.75 Å². The van der Waals surface area contributed by atoms with Crippen LogP contribution in [0.1, 0.15) is 32.8 Å². The molecule has 1 rings (SSSR count). The van der Waals surface area contributed by atoms with E-state index in [1.54, 1.807) is 18.9 Å². The van der Waals surface area contributed by atoms with Crippen LogP contribution in [0.2, 0.25) is 0 Å². The number of methoxy groups -OCH3 is 1. The fourth-order valence-corrected chi connectivity index (χ4v) is 2.21. The van der Waals surface area contributed by atoms with Crippen LogP contribution in [0.15, 0.2) is 24.3 Å². The molecule has 0 saturated carbocycles. The van der Waals surface area contributed by atoms with Crippen molar-refractivity contribution in [3.05, 3.63) is 29.8 Å². The summed E-state index contributed by atoms with van der Waals surface area (Å²) in [5, 5.41) is 0. The fraction of sp³-hybridized carbons (Fsp3) is 0.556. The zero-order valence-electron chi connectivity index (χ0n) is 14.5. The summed E-state index contributed by atoms with van der Waals surface area (Å²) in [7, 11) is 1.63. The molecule has 0 spiro atoms. The maximum atomic E-state index is 12.3. The summed E-state index contributed by atoms with van der Waals surface area (Å²) in [6.45, 7) is 6.86. The zero-order chi connectivity index (χ0) is 17.2. The molecule has 23 heavy (non-hydrogen) atoms. The first-order valence-corrected chi connectivity index (χ1v) is 8.05. The Labute approximate surface area is 138 Å². The van der Waals surface area contributed by atoms with E-state index in [2.05, 4.69) is 0 Å². The second kappa shape index (κ2) is 9.87. The lowest BCUT2D eigenvalue weighted by molar-refractivity contribution is -0.144. The summed E-state index contributed by atoms with van der Waals surface area (Å²) in [6, 6.07) is 7.79. The van der Waals surface area contributed by atoms with Crippen molar-refractivity contribution in [1.29, 1.82) is 0 Å². The number of carbonyl (C=O) groups is 2. The molecule has 0 heterocycles. The van der Waals surface area contributed by atoms with Gasteiger partial charge in [0.2, 0.25) is 5.91 Å². The molecule has 0 aliphatic rings. The van der Waals surface area contributed by atoms with Crippen molar-refractivity contribution in [1.82, 2.24) is 4.90 Å². The van der Waals surface area contributed by atoms with Gasteiger partial charge in [-0.25, -0.2) is 0 Å². The SMILES string of the molecule is CCOC(=O)CCN(CCc1ccc(OC)cc1)C(=O)C(C)C. The van der Waals surface area contributed by atoms with E-state index in [9.17, 15) is 9.59 Å². The lowest BCUT2D eigenvalue weighted by Crippen LogP contribution is -2.37. The summed E-state index contributed by atoms with van der Waals surface area (Å²) in [5.41, 5.74) is 1.13. The molecule has 5 nitrogen and oxygen atoms in total. The van der Waals surface area contributed by atoms with E-state index in [1.807, 2.05) is 38.1 Å². The van der Waals surface area contributed by atoms with Crippen molar-refractivity contribution < 1.29 is 19.1 Å². The Kier molecular flexibility index (Phi) is 8.16. The molecule has 5 heteroatoms. The molecule has 128 valence electrons. The van der Waals surface area contributed by atoms with E-state index in [1.165, 1.54) is 0 Å². The minimum atomic E-state index is -0.265. The molecule has 0 N–H and O–H groups in total. The minimum absolute atomic E-state index is 0.0582. The second-order valence-corrected chi connectivity index (χ2v) is 5.63. The molecular formula is C18H27NO4. The van der Waals surface area contributed by atoms with Gasteiger partial charge in [0, 0.05) is 19.0 Å². The molecule has 0 saturated heterocycles. The molecule has 1 aromatic carbocycles. The van der Waals surface area contributed by atoms with Crippen LogP contribution >= 0.6 is 0 Å². The maximum Gasteiger partial charge on any atom is 0.307 e. The third-order valence-corrected chi connectivity index (χ3v) is 3.53. The van der Waals surface area contributed by atoms with Gasteiger partial charge in [-0.15, -0.1) is 0 Å². The summed E-state index contributed by atoms with van der Waals surface area (Å²) in [4.78, 5) is 25.5. The predicted octanol–water partition coefficient (Wildman–Crippen LogP) is 2.68. The van der Waals surface area contributed by atoms with Crippen molar-refractivity contribution in [3.63, 3.8) is 0 Å². The first kappa shape index (κ1) is 19.0. The maximum absolute atomic E-state index is 12.3. The minimum Gasteiger partial charge on any atom is -0.497 e. The van der Waals surface area contributed by atoms with Gasteiger partial charge in [0.25, 0.3) is 0 Å². The van der Waals surface area contributed by atoms with Crippen LogP contribution in [-0.4, -0.2) is 43.6 Å². The lowest BCUT2D eigenvalue weighted by atomic mass is 10.1. The van der Waals surface area contributed by atoms with E-state index in [-0.39, 0.29) is 24.2 Å². The van der Waals surface area contributed by atoms with Crippen LogP contribution in [0.5, 0.6) is 5.75 Å². The number of hydrogen-bond donors (Lipinski definition) is 0. The predicted molar refractivity (Wildman–Crippen MR) is 89.4 cm³/mol. The molecule has 0 atom stereocenters. The van der Waals surface area contributed by atoms with E-state index in [0.717, 1.165) is 17.7 Å². The van der Waals surface area contributed by atoms with Crippen LogP contribution in [0, 0.1) is 5.92 Å². The van der Waals surface area contributed by atoms with Gasteiger partial charge in [-0.2, -0.15) is 0 Å². The molecule has 1 amide bonds. The average Bonchev–Trinajstić information content (AvgIpc) is 2.55. The van der Waals surface area contributed by atoms with Crippen LogP contribution in [0.4, 0.5) is 0 Å². The molecule has 0 aliphatic heterocycles. The Balaban J connectivity index is 2.60. The number of rotatable bonds is 9. The first-order valence-electron chi connectivity index (χ1n) is 8.05. The number of carbonyl (C=O) groups excluding carboxylic acids is 2. The number of amides is 1. The Morgan fingerprint density at radius 3 is 2.30 bits per heavy atom. The highest BCUT2D eigenvalue weighted by atomic mass is 16.5. The Hall–Kier alpha value is -2.04. The van der Waals surface area contributed by atoms with Gasteiger partial charge in [-0.1, -0.05) is 26.0 Å². The van der Waals surface area contributed by atoms with Crippen LogP contribution < -0.4 is 4.74 Å². The van der Waals surface area contributed by atoms with Gasteiger partial charge in [0.15, 0.2) is 0 Å². The van der Waals surface area contributed by atoms with Gasteiger partial charge >= 0.3 is 5.97 Å². The quantitative estimate of drug-likeness (QED) is 0.656. The largest absolute Gasteiger partial charge is 0.497 e. The average molecular weight is 321 g/mol. The van der Waals surface area contributed by atoms with Crippen molar-refractivity contribution in [2.45, 2.75) is 33.6 Å². The number of hydrogen-bond acceptors (Lipinski definition) is 4. The lowest BCUT2D eigenvalue weighted by Gasteiger charge is -2.24. The molecule has 0 radical (unpaired) electrons. The fourth-order valence-electron chi connectivity index (χ4n) is 2.21. The third-order valence-electron chi connectivity index (χ3n) is 3.53. The van der Waals surface area contributed by atoms with Gasteiger partial charge in [-0.05, 0) is 31.0 Å². The molecule has 0 fully saturated rings. The Morgan fingerprint density at radius 2 is 1.78 bits per heavy atom. The normalized spacial score (nSPS) is 10.5. The summed E-state index contributed by atoms with van der Waals surface area (Å²) < 4.78 is 10.1. The van der Waals surface area contributed by atoms with Crippen molar-refractivity contribution in [2.24, 2.45) is 5.92 Å². The van der Waals surface area contributed by atoms with Crippen molar-refractivity contribution in [2.75, 3.05) is 26.8 Å². The van der Waals surface area contributed by atoms with E-state index >= 15 is 0 Å².